The molecule has 1 N–H and O–H groups in total. The largest absolute Gasteiger partial charge is 0.490 e. The number of fused-ring (bicyclic) bond motifs is 1. The third-order valence-electron chi connectivity index (χ3n) is 4.29. The van der Waals surface area contributed by atoms with E-state index in [4.69, 9.17) is 9.47 Å². The second-order valence-electron chi connectivity index (χ2n) is 6.30. The first-order valence-corrected chi connectivity index (χ1v) is 7.96. The monoisotopic (exact) mass is 319 g/mol. The third-order valence-corrected chi connectivity index (χ3v) is 4.29. The first-order chi connectivity index (χ1) is 11.0. The minimum Gasteiger partial charge on any atom is -0.490 e. The van der Waals surface area contributed by atoms with Gasteiger partial charge in [0.15, 0.2) is 11.5 Å². The molecule has 2 unspecified atom stereocenters. The standard InChI is InChI=1S/C17H21NO5/c1-11-7-13(17(20)21)10-18(9-11)16(19)12-3-4-14-15(8-12)23-6-2-5-22-14/h3-4,8,11,13H,2,5-7,9-10H2,1H3,(H,20,21). The number of ether oxygens (including phenoxy) is 2. The average molecular weight is 319 g/mol. The minimum atomic E-state index is -0.840. The van der Waals surface area contributed by atoms with E-state index in [0.29, 0.717) is 43.2 Å². The van der Waals surface area contributed by atoms with E-state index in [9.17, 15) is 14.7 Å². The first kappa shape index (κ1) is 15.6. The van der Waals surface area contributed by atoms with Crippen LogP contribution < -0.4 is 9.47 Å². The number of carbonyl (C=O) groups excluding carboxylic acids is 1. The number of aliphatic carboxylic acids is 1. The molecule has 6 nitrogen and oxygen atoms in total. The molecule has 2 atom stereocenters. The second kappa shape index (κ2) is 6.48. The maximum absolute atomic E-state index is 12.7. The number of carbonyl (C=O) groups is 2. The van der Waals surface area contributed by atoms with Crippen molar-refractivity contribution in [1.82, 2.24) is 4.90 Å². The third kappa shape index (κ3) is 3.41. The Bertz CT molecular complexity index is 615. The topological polar surface area (TPSA) is 76.1 Å². The van der Waals surface area contributed by atoms with Gasteiger partial charge in [0.1, 0.15) is 0 Å². The normalized spacial score (nSPS) is 24.0. The Morgan fingerprint density at radius 2 is 1.91 bits per heavy atom. The molecule has 1 fully saturated rings. The number of nitrogens with zero attached hydrogens (tertiary/aromatic N) is 1. The van der Waals surface area contributed by atoms with Gasteiger partial charge in [0.25, 0.3) is 5.91 Å². The SMILES string of the molecule is CC1CC(C(=O)O)CN(C(=O)c2ccc3c(c2)OCCCO3)C1. The van der Waals surface area contributed by atoms with Crippen LogP contribution in [-0.2, 0) is 4.79 Å². The van der Waals surface area contributed by atoms with Gasteiger partial charge in [0, 0.05) is 25.1 Å². The highest BCUT2D eigenvalue weighted by atomic mass is 16.5. The molecule has 0 saturated carbocycles. The molecule has 6 heteroatoms. The summed E-state index contributed by atoms with van der Waals surface area (Å²) in [5.41, 5.74) is 0.507. The number of likely N-dealkylation sites (tertiary alicyclic amines) is 1. The number of benzene rings is 1. The van der Waals surface area contributed by atoms with Crippen molar-refractivity contribution in [2.45, 2.75) is 19.8 Å². The molecule has 0 radical (unpaired) electrons. The maximum atomic E-state index is 12.7. The molecule has 1 aromatic carbocycles. The van der Waals surface area contributed by atoms with E-state index in [-0.39, 0.29) is 18.4 Å². The highest BCUT2D eigenvalue weighted by molar-refractivity contribution is 5.95. The zero-order valence-corrected chi connectivity index (χ0v) is 13.2. The summed E-state index contributed by atoms with van der Waals surface area (Å²) in [6.07, 6.45) is 1.42. The van der Waals surface area contributed by atoms with Crippen molar-refractivity contribution < 1.29 is 24.2 Å². The molecule has 1 amide bonds. The van der Waals surface area contributed by atoms with E-state index < -0.39 is 11.9 Å². The quantitative estimate of drug-likeness (QED) is 0.902. The summed E-state index contributed by atoms with van der Waals surface area (Å²) in [5, 5.41) is 9.24. The van der Waals surface area contributed by atoms with Crippen LogP contribution >= 0.6 is 0 Å². The van der Waals surface area contributed by atoms with E-state index in [2.05, 4.69) is 0 Å². The summed E-state index contributed by atoms with van der Waals surface area (Å²) in [5.74, 6) is -0.0913. The molecule has 0 bridgehead atoms. The van der Waals surface area contributed by atoms with Crippen molar-refractivity contribution in [2.24, 2.45) is 11.8 Å². The lowest BCUT2D eigenvalue weighted by Crippen LogP contribution is -2.45. The molecule has 1 saturated heterocycles. The smallest absolute Gasteiger partial charge is 0.308 e. The number of rotatable bonds is 2. The fourth-order valence-corrected chi connectivity index (χ4v) is 3.18. The Morgan fingerprint density at radius 1 is 1.17 bits per heavy atom. The van der Waals surface area contributed by atoms with E-state index in [1.54, 1.807) is 23.1 Å². The van der Waals surface area contributed by atoms with E-state index >= 15 is 0 Å². The van der Waals surface area contributed by atoms with Crippen LogP contribution in [0.15, 0.2) is 18.2 Å². The van der Waals surface area contributed by atoms with Gasteiger partial charge in [0.05, 0.1) is 19.1 Å². The number of carboxylic acids is 1. The Morgan fingerprint density at radius 3 is 2.65 bits per heavy atom. The highest BCUT2D eigenvalue weighted by Crippen LogP contribution is 2.31. The summed E-state index contributed by atoms with van der Waals surface area (Å²) in [7, 11) is 0. The molecule has 0 aromatic heterocycles. The Kier molecular flexibility index (Phi) is 4.41. The molecule has 1 aromatic rings. The Balaban J connectivity index is 1.79. The molecular formula is C17H21NO5. The van der Waals surface area contributed by atoms with Crippen LogP contribution in [0.5, 0.6) is 11.5 Å². The van der Waals surface area contributed by atoms with Crippen molar-refractivity contribution in [1.29, 1.82) is 0 Å². The molecule has 2 heterocycles. The highest BCUT2D eigenvalue weighted by Gasteiger charge is 2.32. The fourth-order valence-electron chi connectivity index (χ4n) is 3.18. The molecule has 3 rings (SSSR count). The average Bonchev–Trinajstić information content (AvgIpc) is 2.78. The number of carboxylic acid groups (broad SMARTS) is 1. The number of hydrogen-bond acceptors (Lipinski definition) is 4. The van der Waals surface area contributed by atoms with E-state index in [1.807, 2.05) is 6.92 Å². The van der Waals surface area contributed by atoms with Crippen LogP contribution in [0.1, 0.15) is 30.1 Å². The van der Waals surface area contributed by atoms with Gasteiger partial charge in [-0.25, -0.2) is 0 Å². The summed E-state index contributed by atoms with van der Waals surface area (Å²) in [6.45, 7) is 3.98. The second-order valence-corrected chi connectivity index (χ2v) is 6.30. The lowest BCUT2D eigenvalue weighted by atomic mass is 9.90. The molecule has 2 aliphatic rings. The summed E-state index contributed by atoms with van der Waals surface area (Å²) >= 11 is 0. The number of hydrogen-bond donors (Lipinski definition) is 1. The summed E-state index contributed by atoms with van der Waals surface area (Å²) in [4.78, 5) is 25.6. The Hall–Kier alpha value is -2.24. The van der Waals surface area contributed by atoms with E-state index in [1.165, 1.54) is 0 Å². The van der Waals surface area contributed by atoms with Crippen LogP contribution in [0.3, 0.4) is 0 Å². The molecule has 124 valence electrons. The van der Waals surface area contributed by atoms with Gasteiger partial charge in [-0.15, -0.1) is 0 Å². The van der Waals surface area contributed by atoms with Crippen LogP contribution in [0, 0.1) is 11.8 Å². The van der Waals surface area contributed by atoms with Crippen molar-refractivity contribution in [3.05, 3.63) is 23.8 Å². The number of amides is 1. The van der Waals surface area contributed by atoms with Gasteiger partial charge in [-0.1, -0.05) is 6.92 Å². The van der Waals surface area contributed by atoms with Gasteiger partial charge < -0.3 is 19.5 Å². The van der Waals surface area contributed by atoms with Gasteiger partial charge in [-0.05, 0) is 30.5 Å². The molecule has 0 aliphatic carbocycles. The number of piperidine rings is 1. The minimum absolute atomic E-state index is 0.154. The maximum Gasteiger partial charge on any atom is 0.308 e. The van der Waals surface area contributed by atoms with E-state index in [0.717, 1.165) is 6.42 Å². The van der Waals surface area contributed by atoms with Gasteiger partial charge in [-0.2, -0.15) is 0 Å². The van der Waals surface area contributed by atoms with Gasteiger partial charge in [0.2, 0.25) is 0 Å². The molecular weight excluding hydrogens is 298 g/mol. The lowest BCUT2D eigenvalue weighted by Gasteiger charge is -2.34. The van der Waals surface area contributed by atoms with Crippen LogP contribution in [0.25, 0.3) is 0 Å². The zero-order valence-electron chi connectivity index (χ0n) is 13.2. The molecule has 23 heavy (non-hydrogen) atoms. The van der Waals surface area contributed by atoms with Crippen molar-refractivity contribution in [3.63, 3.8) is 0 Å². The lowest BCUT2D eigenvalue weighted by molar-refractivity contribution is -0.143. The van der Waals surface area contributed by atoms with Gasteiger partial charge >= 0.3 is 5.97 Å². The summed E-state index contributed by atoms with van der Waals surface area (Å²) < 4.78 is 11.2. The molecule has 0 spiro atoms. The Labute approximate surface area is 135 Å². The summed E-state index contributed by atoms with van der Waals surface area (Å²) in [6, 6.07) is 5.15. The van der Waals surface area contributed by atoms with Gasteiger partial charge in [-0.3, -0.25) is 9.59 Å². The zero-order chi connectivity index (χ0) is 16.4. The molecule has 2 aliphatic heterocycles. The van der Waals surface area contributed by atoms with Crippen molar-refractivity contribution in [2.75, 3.05) is 26.3 Å². The van der Waals surface area contributed by atoms with Crippen molar-refractivity contribution in [3.8, 4) is 11.5 Å². The first-order valence-electron chi connectivity index (χ1n) is 7.96. The fraction of sp³-hybridized carbons (Fsp3) is 0.529. The predicted molar refractivity (Wildman–Crippen MR) is 82.9 cm³/mol. The van der Waals surface area contributed by atoms with Crippen LogP contribution in [0.4, 0.5) is 0 Å². The van der Waals surface area contributed by atoms with Crippen LogP contribution in [0.2, 0.25) is 0 Å². The van der Waals surface area contributed by atoms with Crippen molar-refractivity contribution >= 4 is 11.9 Å². The predicted octanol–water partition coefficient (Wildman–Crippen LogP) is 2.03. The van der Waals surface area contributed by atoms with Crippen LogP contribution in [-0.4, -0.2) is 48.2 Å².